The normalized spacial score (nSPS) is 20.4. The van der Waals surface area contributed by atoms with Gasteiger partial charge in [-0.15, -0.1) is 0 Å². The molecule has 3 heteroatoms. The first-order valence-electron chi connectivity index (χ1n) is 7.55. The summed E-state index contributed by atoms with van der Waals surface area (Å²) in [4.78, 5) is 7.16. The van der Waals surface area contributed by atoms with Crippen molar-refractivity contribution in [1.29, 1.82) is 0 Å². The first kappa shape index (κ1) is 13.8. The molecule has 2 heterocycles. The van der Waals surface area contributed by atoms with E-state index in [4.69, 9.17) is 11.6 Å². The monoisotopic (exact) mass is 288 g/mol. The van der Waals surface area contributed by atoms with Gasteiger partial charge < -0.3 is 0 Å². The van der Waals surface area contributed by atoms with Gasteiger partial charge in [0.05, 0.1) is 5.52 Å². The highest BCUT2D eigenvalue weighted by molar-refractivity contribution is 6.35. The van der Waals surface area contributed by atoms with Gasteiger partial charge in [0.25, 0.3) is 0 Å². The first-order chi connectivity index (χ1) is 9.79. The molecule has 2 nitrogen and oxygen atoms in total. The summed E-state index contributed by atoms with van der Waals surface area (Å²) < 4.78 is 0. The van der Waals surface area contributed by atoms with Crippen molar-refractivity contribution in [2.45, 2.75) is 45.2 Å². The summed E-state index contributed by atoms with van der Waals surface area (Å²) >= 11 is 6.27. The van der Waals surface area contributed by atoms with Crippen LogP contribution in [0.1, 0.15) is 38.2 Å². The van der Waals surface area contributed by atoms with Gasteiger partial charge in [0.15, 0.2) is 0 Å². The van der Waals surface area contributed by atoms with E-state index in [2.05, 4.69) is 28.9 Å². The number of fused-ring (bicyclic) bond motifs is 1. The number of rotatable bonds is 3. The van der Waals surface area contributed by atoms with E-state index >= 15 is 0 Å². The predicted molar refractivity (Wildman–Crippen MR) is 85.1 cm³/mol. The van der Waals surface area contributed by atoms with Crippen LogP contribution in [0.5, 0.6) is 0 Å². The highest BCUT2D eigenvalue weighted by atomic mass is 35.5. The van der Waals surface area contributed by atoms with E-state index in [0.717, 1.165) is 28.5 Å². The predicted octanol–water partition coefficient (Wildman–Crippen LogP) is 4.65. The number of nitrogens with zero attached hydrogens (tertiary/aromatic N) is 2. The lowest BCUT2D eigenvalue weighted by molar-refractivity contribution is 0.136. The molecule has 2 aromatic rings. The fourth-order valence-corrected chi connectivity index (χ4v) is 3.49. The molecule has 1 aliphatic rings. The Hall–Kier alpha value is -1.12. The molecular weight excluding hydrogens is 268 g/mol. The molecule has 3 rings (SSSR count). The van der Waals surface area contributed by atoms with Crippen molar-refractivity contribution in [1.82, 2.24) is 9.88 Å². The molecule has 0 radical (unpaired) electrons. The Labute approximate surface area is 125 Å². The van der Waals surface area contributed by atoms with Crippen LogP contribution >= 0.6 is 11.6 Å². The highest BCUT2D eigenvalue weighted by Crippen LogP contribution is 2.28. The molecule has 1 aliphatic heterocycles. The molecule has 0 bridgehead atoms. The average Bonchev–Trinajstić information content (AvgIpc) is 2.51. The number of piperidine rings is 1. The number of aromatic nitrogens is 1. The Bertz CT molecular complexity index is 597. The second-order valence-electron chi connectivity index (χ2n) is 5.63. The van der Waals surface area contributed by atoms with Gasteiger partial charge in [0, 0.05) is 29.2 Å². The minimum atomic E-state index is 0.721. The van der Waals surface area contributed by atoms with E-state index in [1.807, 2.05) is 18.3 Å². The number of likely N-dealkylation sites (tertiary alicyclic amines) is 1. The number of halogens is 1. The van der Waals surface area contributed by atoms with Crippen LogP contribution in [0.25, 0.3) is 10.9 Å². The van der Waals surface area contributed by atoms with Gasteiger partial charge in [0.1, 0.15) is 0 Å². The van der Waals surface area contributed by atoms with Crippen LogP contribution in [0, 0.1) is 0 Å². The van der Waals surface area contributed by atoms with Crippen LogP contribution in [0.2, 0.25) is 5.02 Å². The summed E-state index contributed by atoms with van der Waals surface area (Å²) in [5.74, 6) is 0. The molecule has 1 aromatic heterocycles. The van der Waals surface area contributed by atoms with Crippen LogP contribution in [0.3, 0.4) is 0 Å². The van der Waals surface area contributed by atoms with Crippen LogP contribution in [-0.2, 0) is 6.54 Å². The Morgan fingerprint density at radius 1 is 1.30 bits per heavy atom. The Kier molecular flexibility index (Phi) is 4.23. The smallest absolute Gasteiger partial charge is 0.0761 e. The maximum absolute atomic E-state index is 6.27. The molecule has 1 atom stereocenters. The van der Waals surface area contributed by atoms with Gasteiger partial charge in [-0.25, -0.2) is 0 Å². The topological polar surface area (TPSA) is 16.1 Å². The van der Waals surface area contributed by atoms with Gasteiger partial charge in [0.2, 0.25) is 0 Å². The summed E-state index contributed by atoms with van der Waals surface area (Å²) in [5, 5.41) is 1.86. The molecule has 0 spiro atoms. The van der Waals surface area contributed by atoms with Gasteiger partial charge in [-0.05, 0) is 49.6 Å². The molecule has 1 saturated heterocycles. The summed E-state index contributed by atoms with van der Waals surface area (Å²) in [6.45, 7) is 4.49. The van der Waals surface area contributed by atoms with Crippen LogP contribution < -0.4 is 0 Å². The lowest BCUT2D eigenvalue weighted by Gasteiger charge is -2.35. The lowest BCUT2D eigenvalue weighted by atomic mass is 9.98. The molecule has 1 unspecified atom stereocenters. The van der Waals surface area contributed by atoms with Crippen molar-refractivity contribution in [2.75, 3.05) is 6.54 Å². The summed E-state index contributed by atoms with van der Waals surface area (Å²) in [5.41, 5.74) is 2.35. The van der Waals surface area contributed by atoms with Crippen molar-refractivity contribution < 1.29 is 0 Å². The SMILES string of the molecule is CCC1CCCCN1Cc1ccc(Cl)c2cccnc12. The van der Waals surface area contributed by atoms with Crippen LogP contribution in [0.4, 0.5) is 0 Å². The highest BCUT2D eigenvalue weighted by Gasteiger charge is 2.21. The molecule has 0 N–H and O–H groups in total. The van der Waals surface area contributed by atoms with E-state index in [1.54, 1.807) is 0 Å². The fraction of sp³-hybridized carbons (Fsp3) is 0.471. The minimum Gasteiger partial charge on any atom is -0.296 e. The Morgan fingerprint density at radius 2 is 2.20 bits per heavy atom. The zero-order valence-electron chi connectivity index (χ0n) is 12.0. The molecule has 0 saturated carbocycles. The van der Waals surface area contributed by atoms with E-state index in [9.17, 15) is 0 Å². The van der Waals surface area contributed by atoms with Gasteiger partial charge in [-0.1, -0.05) is 31.0 Å². The van der Waals surface area contributed by atoms with Gasteiger partial charge >= 0.3 is 0 Å². The molecule has 20 heavy (non-hydrogen) atoms. The van der Waals surface area contributed by atoms with E-state index in [-0.39, 0.29) is 0 Å². The van der Waals surface area contributed by atoms with Gasteiger partial charge in [-0.2, -0.15) is 0 Å². The zero-order chi connectivity index (χ0) is 13.9. The standard InChI is InChI=1S/C17H21ClN2/c1-2-14-6-3-4-11-20(14)12-13-8-9-16(18)15-7-5-10-19-17(13)15/h5,7-10,14H,2-4,6,11-12H2,1H3. The summed E-state index contributed by atoms with van der Waals surface area (Å²) in [6.07, 6.45) is 7.11. The first-order valence-corrected chi connectivity index (χ1v) is 7.93. The molecule has 1 fully saturated rings. The molecule has 106 valence electrons. The maximum atomic E-state index is 6.27. The summed E-state index contributed by atoms with van der Waals surface area (Å²) in [6, 6.07) is 8.87. The maximum Gasteiger partial charge on any atom is 0.0761 e. The number of benzene rings is 1. The lowest BCUT2D eigenvalue weighted by Crippen LogP contribution is -2.38. The fourth-order valence-electron chi connectivity index (χ4n) is 3.27. The van der Waals surface area contributed by atoms with Gasteiger partial charge in [-0.3, -0.25) is 9.88 Å². The second kappa shape index (κ2) is 6.11. The van der Waals surface area contributed by atoms with Crippen molar-refractivity contribution in [3.63, 3.8) is 0 Å². The van der Waals surface area contributed by atoms with E-state index in [0.29, 0.717) is 0 Å². The van der Waals surface area contributed by atoms with E-state index < -0.39 is 0 Å². The Morgan fingerprint density at radius 3 is 3.05 bits per heavy atom. The van der Waals surface area contributed by atoms with Crippen molar-refractivity contribution in [3.05, 3.63) is 41.0 Å². The second-order valence-corrected chi connectivity index (χ2v) is 6.04. The minimum absolute atomic E-state index is 0.721. The number of pyridine rings is 1. The molecule has 1 aromatic carbocycles. The molecule has 0 aliphatic carbocycles. The third-order valence-electron chi connectivity index (χ3n) is 4.39. The average molecular weight is 289 g/mol. The number of hydrogen-bond donors (Lipinski definition) is 0. The number of hydrogen-bond acceptors (Lipinski definition) is 2. The zero-order valence-corrected chi connectivity index (χ0v) is 12.7. The third-order valence-corrected chi connectivity index (χ3v) is 4.72. The van der Waals surface area contributed by atoms with Crippen LogP contribution in [-0.4, -0.2) is 22.5 Å². The molecular formula is C17H21ClN2. The molecule has 0 amide bonds. The van der Waals surface area contributed by atoms with E-state index in [1.165, 1.54) is 37.8 Å². The van der Waals surface area contributed by atoms with Crippen LogP contribution in [0.15, 0.2) is 30.5 Å². The van der Waals surface area contributed by atoms with Crippen molar-refractivity contribution in [3.8, 4) is 0 Å². The Balaban J connectivity index is 1.92. The summed E-state index contributed by atoms with van der Waals surface area (Å²) in [7, 11) is 0. The largest absolute Gasteiger partial charge is 0.296 e. The van der Waals surface area contributed by atoms with Crippen molar-refractivity contribution in [2.24, 2.45) is 0 Å². The van der Waals surface area contributed by atoms with Crippen molar-refractivity contribution >= 4 is 22.5 Å². The quantitative estimate of drug-likeness (QED) is 0.817. The third kappa shape index (κ3) is 2.68.